The fraction of sp³-hybridized carbons (Fsp3) is 0.500. The van der Waals surface area contributed by atoms with Gasteiger partial charge in [0.25, 0.3) is 0 Å². The van der Waals surface area contributed by atoms with Crippen molar-refractivity contribution in [1.82, 2.24) is 40.4 Å². The molecule has 0 spiro atoms. The van der Waals surface area contributed by atoms with E-state index in [1.54, 1.807) is 17.3 Å². The Balaban J connectivity index is 0.933. The number of ether oxygens (including phenoxy) is 5. The lowest BCUT2D eigenvalue weighted by Gasteiger charge is -2.34. The van der Waals surface area contributed by atoms with Crippen molar-refractivity contribution in [2.45, 2.75) is 89.8 Å². The second-order valence-electron chi connectivity index (χ2n) is 16.8. The normalized spacial score (nSPS) is 20.3. The van der Waals surface area contributed by atoms with Crippen LogP contribution in [0.25, 0.3) is 33.6 Å². The third kappa shape index (κ3) is 7.63. The first kappa shape index (κ1) is 40.3. The van der Waals surface area contributed by atoms with Gasteiger partial charge in [0.2, 0.25) is 11.8 Å². The number of hydrogen-bond acceptors (Lipinski definition) is 11. The molecule has 3 fully saturated rings. The summed E-state index contributed by atoms with van der Waals surface area (Å²) in [4.78, 5) is 72.3. The number of imidazole rings is 2. The van der Waals surface area contributed by atoms with Crippen LogP contribution in [0.1, 0.15) is 87.2 Å². The second kappa shape index (κ2) is 16.7. The van der Waals surface area contributed by atoms with E-state index in [9.17, 15) is 19.2 Å². The van der Waals surface area contributed by atoms with E-state index in [1.807, 2.05) is 30.9 Å². The molecular weight excluding hydrogens is 785 g/mol. The maximum Gasteiger partial charge on any atom is 0.407 e. The van der Waals surface area contributed by atoms with Crippen LogP contribution in [0.4, 0.5) is 9.59 Å². The van der Waals surface area contributed by atoms with E-state index in [-0.39, 0.29) is 35.7 Å². The molecule has 3 saturated heterocycles. The van der Waals surface area contributed by atoms with Crippen molar-refractivity contribution in [2.75, 3.05) is 40.5 Å². The number of hydrogen-bond donors (Lipinski definition) is 4. The summed E-state index contributed by atoms with van der Waals surface area (Å²) in [5.74, 6) is 2.43. The number of aromatic amines is 2. The molecule has 17 heteroatoms. The molecule has 4 N–H and O–H groups in total. The van der Waals surface area contributed by atoms with E-state index >= 15 is 0 Å². The van der Waals surface area contributed by atoms with Crippen LogP contribution in [-0.4, -0.2) is 106 Å². The van der Waals surface area contributed by atoms with E-state index in [0.29, 0.717) is 64.0 Å². The standard InChI is InChI=1S/C44H52N8O9/c1-23(2)37(49-43(55)57-3)41(53)51-11-5-7-31(51)39-45-19-29(47-39)25-15-27-21-61-34-18-26(16-28-22-60-33(17-25)35(27)36(28)34)30-20-46-40(48-30)32-8-6-12-52(32)42(54)38(50-44(56)58-4)24-9-13-59-14-10-24/h15-20,23-24,31-32,37-38H,5-14,21-22H2,1-4H3,(H,45,47)(H,46,48)(H,49,55)(H,50,56)/t31-,32-,37?,38-/m0/s1. The molecule has 4 atom stereocenters. The predicted molar refractivity (Wildman–Crippen MR) is 220 cm³/mol. The van der Waals surface area contributed by atoms with Gasteiger partial charge in [-0.15, -0.1) is 0 Å². The molecule has 7 heterocycles. The Morgan fingerprint density at radius 1 is 0.721 bits per heavy atom. The smallest absolute Gasteiger partial charge is 0.407 e. The monoisotopic (exact) mass is 836 g/mol. The molecule has 4 amide bonds. The van der Waals surface area contributed by atoms with Crippen LogP contribution in [0.15, 0.2) is 36.7 Å². The van der Waals surface area contributed by atoms with Gasteiger partial charge < -0.3 is 54.1 Å². The largest absolute Gasteiger partial charge is 0.488 e. The number of alkyl carbamates (subject to hydrolysis) is 2. The summed E-state index contributed by atoms with van der Waals surface area (Å²) in [6.45, 7) is 6.70. The highest BCUT2D eigenvalue weighted by atomic mass is 16.5. The third-order valence-corrected chi connectivity index (χ3v) is 12.8. The van der Waals surface area contributed by atoms with Crippen LogP contribution < -0.4 is 20.1 Å². The number of carbonyl (C=O) groups is 4. The predicted octanol–water partition coefficient (Wildman–Crippen LogP) is 5.78. The number of likely N-dealkylation sites (tertiary alicyclic amines) is 2. The maximum atomic E-state index is 14.1. The first-order valence-electron chi connectivity index (χ1n) is 21.2. The summed E-state index contributed by atoms with van der Waals surface area (Å²) in [6, 6.07) is 6.32. The van der Waals surface area contributed by atoms with Gasteiger partial charge in [0.05, 0.1) is 50.1 Å². The maximum absolute atomic E-state index is 14.1. The molecule has 2 aromatic heterocycles. The summed E-state index contributed by atoms with van der Waals surface area (Å²) >= 11 is 0. The van der Waals surface area contributed by atoms with Crippen molar-refractivity contribution < 1.29 is 42.9 Å². The molecule has 0 aliphatic carbocycles. The molecule has 17 nitrogen and oxygen atoms in total. The molecule has 5 aliphatic rings. The molecular formula is C44H52N8O9. The minimum atomic E-state index is -0.714. The van der Waals surface area contributed by atoms with Gasteiger partial charge in [0, 0.05) is 59.7 Å². The Morgan fingerprint density at radius 3 is 1.74 bits per heavy atom. The van der Waals surface area contributed by atoms with E-state index in [2.05, 4.69) is 32.7 Å². The van der Waals surface area contributed by atoms with Gasteiger partial charge in [-0.2, -0.15) is 0 Å². The summed E-state index contributed by atoms with van der Waals surface area (Å²) < 4.78 is 28.1. The molecule has 322 valence electrons. The van der Waals surface area contributed by atoms with Crippen molar-refractivity contribution >= 4 is 24.0 Å². The number of nitrogens with one attached hydrogen (secondary N) is 4. The van der Waals surface area contributed by atoms with Crippen LogP contribution in [-0.2, 0) is 37.0 Å². The Bertz CT molecular complexity index is 2280. The van der Waals surface area contributed by atoms with Crippen molar-refractivity contribution in [3.8, 4) is 45.1 Å². The van der Waals surface area contributed by atoms with Gasteiger partial charge in [-0.3, -0.25) is 9.59 Å². The van der Waals surface area contributed by atoms with Crippen LogP contribution in [0.3, 0.4) is 0 Å². The molecule has 0 bridgehead atoms. The molecule has 4 aromatic rings. The molecule has 1 unspecified atom stereocenters. The minimum absolute atomic E-state index is 0.0477. The lowest BCUT2D eigenvalue weighted by Crippen LogP contribution is -2.53. The molecule has 0 radical (unpaired) electrons. The molecule has 9 rings (SSSR count). The SMILES string of the molecule is COC(=O)NC(C(=O)N1CCC[C@H]1c1ncc(-c2cc3c4c(c2)OCc2cc(-c5cnc([C@@H]6CCCN6C(=O)[C@@H](NC(=O)OC)C6CCOCC6)[nH]5)cc(c2-4)OC3)[nH]1)C(C)C. The number of benzene rings is 2. The van der Waals surface area contributed by atoms with Gasteiger partial charge in [-0.1, -0.05) is 13.8 Å². The van der Waals surface area contributed by atoms with Gasteiger partial charge in [-0.05, 0) is 74.6 Å². The average molecular weight is 837 g/mol. The number of methoxy groups -OCH3 is 2. The number of amides is 4. The first-order chi connectivity index (χ1) is 29.6. The highest BCUT2D eigenvalue weighted by molar-refractivity contribution is 5.89. The number of carbonyl (C=O) groups excluding carboxylic acids is 4. The number of rotatable bonds is 10. The van der Waals surface area contributed by atoms with Gasteiger partial charge in [0.15, 0.2) is 0 Å². The molecule has 5 aliphatic heterocycles. The van der Waals surface area contributed by atoms with Crippen molar-refractivity contribution in [1.29, 1.82) is 0 Å². The first-order valence-corrected chi connectivity index (χ1v) is 21.2. The number of aromatic nitrogens is 4. The Kier molecular flexibility index (Phi) is 11.1. The topological polar surface area (TPSA) is 202 Å². The van der Waals surface area contributed by atoms with E-state index in [0.717, 1.165) is 82.0 Å². The molecule has 2 aromatic carbocycles. The Morgan fingerprint density at radius 2 is 1.23 bits per heavy atom. The minimum Gasteiger partial charge on any atom is -0.488 e. The second-order valence-corrected chi connectivity index (χ2v) is 16.8. The molecule has 0 saturated carbocycles. The van der Waals surface area contributed by atoms with Gasteiger partial charge >= 0.3 is 12.2 Å². The fourth-order valence-corrected chi connectivity index (χ4v) is 9.60. The lowest BCUT2D eigenvalue weighted by atomic mass is 9.87. The summed E-state index contributed by atoms with van der Waals surface area (Å²) in [6.07, 6.45) is 6.83. The van der Waals surface area contributed by atoms with Gasteiger partial charge in [0.1, 0.15) is 48.4 Å². The van der Waals surface area contributed by atoms with Crippen LogP contribution in [0.5, 0.6) is 11.5 Å². The number of H-pyrrole nitrogens is 2. The third-order valence-electron chi connectivity index (χ3n) is 12.8. The highest BCUT2D eigenvalue weighted by Gasteiger charge is 2.41. The summed E-state index contributed by atoms with van der Waals surface area (Å²) in [5, 5.41) is 5.52. The van der Waals surface area contributed by atoms with E-state index < -0.39 is 24.3 Å². The van der Waals surface area contributed by atoms with Crippen molar-refractivity contribution in [3.63, 3.8) is 0 Å². The fourth-order valence-electron chi connectivity index (χ4n) is 9.60. The quantitative estimate of drug-likeness (QED) is 0.151. The van der Waals surface area contributed by atoms with Crippen LogP contribution >= 0.6 is 0 Å². The summed E-state index contributed by atoms with van der Waals surface area (Å²) in [7, 11) is 2.59. The van der Waals surface area contributed by atoms with Crippen molar-refractivity contribution in [2.24, 2.45) is 11.8 Å². The zero-order chi connectivity index (χ0) is 42.4. The van der Waals surface area contributed by atoms with Gasteiger partial charge in [-0.25, -0.2) is 19.6 Å². The zero-order valence-electron chi connectivity index (χ0n) is 34.9. The van der Waals surface area contributed by atoms with E-state index in [4.69, 9.17) is 33.7 Å². The Hall–Kier alpha value is -6.10. The zero-order valence-corrected chi connectivity index (χ0v) is 34.9. The van der Waals surface area contributed by atoms with Crippen molar-refractivity contribution in [3.05, 3.63) is 59.4 Å². The average Bonchev–Trinajstić information content (AvgIpc) is 4.13. The summed E-state index contributed by atoms with van der Waals surface area (Å²) in [5.41, 5.74) is 7.39. The van der Waals surface area contributed by atoms with Crippen LogP contribution in [0.2, 0.25) is 0 Å². The lowest BCUT2D eigenvalue weighted by molar-refractivity contribution is -0.137. The number of nitrogens with zero attached hydrogens (tertiary/aromatic N) is 4. The Labute approximate surface area is 353 Å². The molecule has 61 heavy (non-hydrogen) atoms. The van der Waals surface area contributed by atoms with E-state index in [1.165, 1.54) is 14.2 Å². The van der Waals surface area contributed by atoms with Crippen LogP contribution in [0, 0.1) is 11.8 Å². The highest BCUT2D eigenvalue weighted by Crippen LogP contribution is 2.51.